The first kappa shape index (κ1) is 19.2. The largest absolute Gasteiger partial charge is 0.306 e. The number of carbonyl (C=O) groups is 1. The van der Waals surface area contributed by atoms with Crippen molar-refractivity contribution < 1.29 is 13.2 Å². The van der Waals surface area contributed by atoms with Crippen molar-refractivity contribution in [3.63, 3.8) is 0 Å². The van der Waals surface area contributed by atoms with E-state index in [0.29, 0.717) is 26.6 Å². The fraction of sp³-hybridized carbons (Fsp3) is 0.158. The number of benzene rings is 2. The van der Waals surface area contributed by atoms with E-state index in [0.717, 1.165) is 11.3 Å². The second-order valence-corrected chi connectivity index (χ2v) is 9.97. The quantitative estimate of drug-likeness (QED) is 0.607. The molecule has 2 aromatic carbocycles. The van der Waals surface area contributed by atoms with Gasteiger partial charge in [0, 0.05) is 10.0 Å². The number of nitrogens with zero attached hydrogens (tertiary/aromatic N) is 2. The Morgan fingerprint density at radius 2 is 1.96 bits per heavy atom. The second-order valence-electron chi connectivity index (χ2n) is 6.58. The van der Waals surface area contributed by atoms with Crippen LogP contribution < -0.4 is 5.32 Å². The molecule has 0 aliphatic carbocycles. The molecule has 1 amide bonds. The zero-order valence-corrected chi connectivity index (χ0v) is 17.9. The summed E-state index contributed by atoms with van der Waals surface area (Å²) >= 11 is 9.51. The number of fused-ring (bicyclic) bond motifs is 1. The van der Waals surface area contributed by atoms with Gasteiger partial charge < -0.3 is 5.32 Å². The maximum atomic E-state index is 12.9. The van der Waals surface area contributed by atoms with Crippen molar-refractivity contribution in [1.82, 2.24) is 9.78 Å². The van der Waals surface area contributed by atoms with Gasteiger partial charge in [0.1, 0.15) is 5.82 Å². The molecule has 0 spiro atoms. The molecule has 28 heavy (non-hydrogen) atoms. The summed E-state index contributed by atoms with van der Waals surface area (Å²) in [5.74, 6) is -0.378. The Labute approximate surface area is 175 Å². The molecular formula is C19H15BrClN3O3S. The minimum Gasteiger partial charge on any atom is -0.306 e. The van der Waals surface area contributed by atoms with E-state index in [1.54, 1.807) is 22.9 Å². The summed E-state index contributed by atoms with van der Waals surface area (Å²) in [7, 11) is -3.27. The number of nitrogens with one attached hydrogen (secondary N) is 1. The number of anilines is 1. The molecule has 1 N–H and O–H groups in total. The highest BCUT2D eigenvalue weighted by Gasteiger charge is 2.33. The number of sulfone groups is 1. The highest BCUT2D eigenvalue weighted by molar-refractivity contribution is 9.10. The lowest BCUT2D eigenvalue weighted by atomic mass is 10.2. The van der Waals surface area contributed by atoms with Crippen LogP contribution in [0.5, 0.6) is 0 Å². The van der Waals surface area contributed by atoms with Crippen LogP contribution in [0, 0.1) is 6.92 Å². The van der Waals surface area contributed by atoms with Crippen LogP contribution in [-0.2, 0) is 21.3 Å². The Balaban J connectivity index is 1.83. The second kappa shape index (κ2) is 7.02. The van der Waals surface area contributed by atoms with Crippen LogP contribution in [0.25, 0.3) is 5.69 Å². The summed E-state index contributed by atoms with van der Waals surface area (Å²) in [6.07, 6.45) is 0. The van der Waals surface area contributed by atoms with Crippen molar-refractivity contribution in [2.45, 2.75) is 18.4 Å². The van der Waals surface area contributed by atoms with E-state index >= 15 is 0 Å². The lowest BCUT2D eigenvalue weighted by Gasteiger charge is -2.13. The van der Waals surface area contributed by atoms with Crippen LogP contribution in [-0.4, -0.2) is 24.1 Å². The number of amides is 1. The fourth-order valence-electron chi connectivity index (χ4n) is 3.19. The van der Waals surface area contributed by atoms with Gasteiger partial charge in [-0.2, -0.15) is 5.10 Å². The monoisotopic (exact) mass is 479 g/mol. The highest BCUT2D eigenvalue weighted by atomic mass is 79.9. The fourth-order valence-corrected chi connectivity index (χ4v) is 5.25. The average Bonchev–Trinajstić information content (AvgIpc) is 3.10. The van der Waals surface area contributed by atoms with E-state index in [1.165, 1.54) is 0 Å². The lowest BCUT2D eigenvalue weighted by molar-refractivity contribution is 0.102. The summed E-state index contributed by atoms with van der Waals surface area (Å²) in [4.78, 5) is 12.9. The van der Waals surface area contributed by atoms with Gasteiger partial charge in [0.05, 0.1) is 33.5 Å². The molecule has 0 bridgehead atoms. The molecule has 144 valence electrons. The van der Waals surface area contributed by atoms with Gasteiger partial charge in [-0.1, -0.05) is 45.7 Å². The highest BCUT2D eigenvalue weighted by Crippen LogP contribution is 2.34. The minimum absolute atomic E-state index is 0.137. The molecule has 6 nitrogen and oxygen atoms in total. The number of carbonyl (C=O) groups excluding carboxylic acids is 1. The Hall–Kier alpha value is -2.16. The Kier molecular flexibility index (Phi) is 4.81. The normalized spacial score (nSPS) is 14.7. The van der Waals surface area contributed by atoms with Gasteiger partial charge in [-0.05, 0) is 36.8 Å². The molecule has 1 aliphatic rings. The average molecular weight is 481 g/mol. The maximum Gasteiger partial charge on any atom is 0.258 e. The molecule has 0 unspecified atom stereocenters. The van der Waals surface area contributed by atoms with E-state index in [4.69, 9.17) is 11.6 Å². The summed E-state index contributed by atoms with van der Waals surface area (Å²) in [6.45, 7) is 1.93. The molecule has 1 aromatic heterocycles. The maximum absolute atomic E-state index is 12.9. The summed E-state index contributed by atoms with van der Waals surface area (Å²) in [5.41, 5.74) is 2.97. The van der Waals surface area contributed by atoms with Gasteiger partial charge in [0.25, 0.3) is 5.91 Å². The zero-order chi connectivity index (χ0) is 20.1. The van der Waals surface area contributed by atoms with Crippen molar-refractivity contribution >= 4 is 49.1 Å². The SMILES string of the molecule is Cc1ccccc1-n1nc2c(c1NC(=O)c1cc(Br)ccc1Cl)CS(=O)(=O)C2. The topological polar surface area (TPSA) is 81.1 Å². The van der Waals surface area contributed by atoms with Crippen LogP contribution in [0.3, 0.4) is 0 Å². The number of para-hydroxylation sites is 1. The lowest BCUT2D eigenvalue weighted by Crippen LogP contribution is -2.17. The third-order valence-electron chi connectivity index (χ3n) is 4.54. The number of aromatic nitrogens is 2. The number of halogens is 2. The van der Waals surface area contributed by atoms with Crippen LogP contribution in [0.4, 0.5) is 5.82 Å². The number of hydrogen-bond acceptors (Lipinski definition) is 4. The number of rotatable bonds is 3. The van der Waals surface area contributed by atoms with Crippen molar-refractivity contribution in [2.24, 2.45) is 0 Å². The van der Waals surface area contributed by atoms with Crippen LogP contribution in [0.2, 0.25) is 5.02 Å². The van der Waals surface area contributed by atoms with Crippen LogP contribution in [0.15, 0.2) is 46.9 Å². The first-order chi connectivity index (χ1) is 13.2. The van der Waals surface area contributed by atoms with E-state index in [-0.39, 0.29) is 17.1 Å². The molecule has 0 radical (unpaired) electrons. The van der Waals surface area contributed by atoms with Crippen LogP contribution >= 0.6 is 27.5 Å². The molecule has 0 atom stereocenters. The summed E-state index contributed by atoms with van der Waals surface area (Å²) in [5, 5.41) is 7.61. The number of hydrogen-bond donors (Lipinski definition) is 1. The van der Waals surface area contributed by atoms with Crippen molar-refractivity contribution in [2.75, 3.05) is 5.32 Å². The summed E-state index contributed by atoms with van der Waals surface area (Å²) < 4.78 is 26.5. The van der Waals surface area contributed by atoms with E-state index in [9.17, 15) is 13.2 Å². The molecule has 0 saturated heterocycles. The van der Waals surface area contributed by atoms with Crippen molar-refractivity contribution in [3.05, 3.63) is 74.3 Å². The Bertz CT molecular complexity index is 1220. The van der Waals surface area contributed by atoms with E-state index < -0.39 is 15.7 Å². The third-order valence-corrected chi connectivity index (χ3v) is 6.80. The van der Waals surface area contributed by atoms with E-state index in [1.807, 2.05) is 31.2 Å². The van der Waals surface area contributed by atoms with Crippen LogP contribution in [0.1, 0.15) is 27.2 Å². The predicted molar refractivity (Wildman–Crippen MR) is 112 cm³/mol. The first-order valence-corrected chi connectivity index (χ1v) is 11.4. The molecule has 1 aliphatic heterocycles. The molecule has 9 heteroatoms. The minimum atomic E-state index is -3.27. The van der Waals surface area contributed by atoms with Gasteiger partial charge in [-0.25, -0.2) is 13.1 Å². The van der Waals surface area contributed by atoms with Gasteiger partial charge in [0.15, 0.2) is 9.84 Å². The third kappa shape index (κ3) is 3.47. The molecule has 3 aromatic rings. The first-order valence-electron chi connectivity index (χ1n) is 8.39. The Morgan fingerprint density at radius 1 is 1.21 bits per heavy atom. The molecule has 4 rings (SSSR count). The zero-order valence-electron chi connectivity index (χ0n) is 14.7. The van der Waals surface area contributed by atoms with E-state index in [2.05, 4.69) is 26.3 Å². The Morgan fingerprint density at radius 3 is 2.71 bits per heavy atom. The standard InChI is InChI=1S/C19H15BrClN3O3S/c1-11-4-2-3-5-17(11)24-18(14-9-28(26,27)10-16(14)23-24)22-19(25)13-8-12(20)6-7-15(13)21/h2-8H,9-10H2,1H3,(H,22,25). The molecule has 2 heterocycles. The van der Waals surface area contributed by atoms with Crippen molar-refractivity contribution in [3.8, 4) is 5.69 Å². The van der Waals surface area contributed by atoms with Gasteiger partial charge in [0.2, 0.25) is 0 Å². The van der Waals surface area contributed by atoms with Gasteiger partial charge in [-0.3, -0.25) is 4.79 Å². The molecule has 0 fully saturated rings. The molecule has 0 saturated carbocycles. The number of aryl methyl sites for hydroxylation is 1. The predicted octanol–water partition coefficient (Wildman–Crippen LogP) is 4.28. The van der Waals surface area contributed by atoms with Gasteiger partial charge >= 0.3 is 0 Å². The summed E-state index contributed by atoms with van der Waals surface area (Å²) in [6, 6.07) is 12.5. The smallest absolute Gasteiger partial charge is 0.258 e. The van der Waals surface area contributed by atoms with Crippen molar-refractivity contribution in [1.29, 1.82) is 0 Å². The van der Waals surface area contributed by atoms with Gasteiger partial charge in [-0.15, -0.1) is 0 Å². The molecular weight excluding hydrogens is 466 g/mol.